The van der Waals surface area contributed by atoms with Crippen molar-refractivity contribution in [1.29, 1.82) is 0 Å². The Kier molecular flexibility index (Phi) is 4.62. The Balaban J connectivity index is 2.15. The lowest BCUT2D eigenvalue weighted by atomic mass is 9.93. The van der Waals surface area contributed by atoms with Crippen LogP contribution in [0.4, 0.5) is 22.0 Å². The maximum Gasteiger partial charge on any atom is 0.459 e. The summed E-state index contributed by atoms with van der Waals surface area (Å²) in [6.45, 7) is 3.20. The number of benzene rings is 2. The van der Waals surface area contributed by atoms with Crippen molar-refractivity contribution in [2.24, 2.45) is 0 Å². The Bertz CT molecular complexity index is 774. The Morgan fingerprint density at radius 1 is 0.885 bits per heavy atom. The van der Waals surface area contributed by atoms with Crippen molar-refractivity contribution in [2.45, 2.75) is 24.0 Å². The molecule has 26 heavy (non-hydrogen) atoms. The summed E-state index contributed by atoms with van der Waals surface area (Å²) in [7, 11) is 0. The fourth-order valence-electron chi connectivity index (χ4n) is 2.83. The van der Waals surface area contributed by atoms with Gasteiger partial charge in [0.25, 0.3) is 5.79 Å². The molecule has 1 fully saturated rings. The molecule has 1 heterocycles. The van der Waals surface area contributed by atoms with Gasteiger partial charge in [0.05, 0.1) is 6.61 Å². The Hall–Kier alpha value is -2.25. The molecule has 0 aromatic heterocycles. The normalized spacial score (nSPS) is 24.5. The lowest BCUT2D eigenvalue weighted by Crippen LogP contribution is -2.60. The summed E-state index contributed by atoms with van der Waals surface area (Å²) in [6.07, 6.45) is -7.04. The molecule has 138 valence electrons. The molecule has 2 nitrogen and oxygen atoms in total. The predicted octanol–water partition coefficient (Wildman–Crippen LogP) is 5.38. The van der Waals surface area contributed by atoms with Crippen LogP contribution in [0.5, 0.6) is 0 Å². The molecule has 0 spiro atoms. The van der Waals surface area contributed by atoms with Crippen LogP contribution in [-0.2, 0) is 15.3 Å². The second kappa shape index (κ2) is 6.48. The van der Waals surface area contributed by atoms with Gasteiger partial charge in [-0.15, -0.1) is 0 Å². The maximum atomic E-state index is 14.6. The SMILES string of the molecule is C=C1CO[C@@](c2ccccc2)(C(F)(F)C(F)(F)F)O[C@H]1c1ccccc1. The van der Waals surface area contributed by atoms with Crippen LogP contribution >= 0.6 is 0 Å². The number of ether oxygens (including phenoxy) is 2. The summed E-state index contributed by atoms with van der Waals surface area (Å²) in [5.41, 5.74) is 0.246. The van der Waals surface area contributed by atoms with Gasteiger partial charge in [-0.3, -0.25) is 0 Å². The van der Waals surface area contributed by atoms with E-state index in [9.17, 15) is 22.0 Å². The maximum absolute atomic E-state index is 14.6. The van der Waals surface area contributed by atoms with Gasteiger partial charge in [0.15, 0.2) is 0 Å². The zero-order valence-electron chi connectivity index (χ0n) is 13.5. The van der Waals surface area contributed by atoms with Crippen LogP contribution < -0.4 is 0 Å². The lowest BCUT2D eigenvalue weighted by Gasteiger charge is -2.46. The van der Waals surface area contributed by atoms with Gasteiger partial charge in [-0.25, -0.2) is 0 Å². The number of halogens is 5. The van der Waals surface area contributed by atoms with E-state index in [-0.39, 0.29) is 5.57 Å². The molecule has 2 aromatic rings. The Labute approximate surface area is 146 Å². The van der Waals surface area contributed by atoms with Crippen LogP contribution in [0, 0.1) is 0 Å². The van der Waals surface area contributed by atoms with Crippen LogP contribution in [0.15, 0.2) is 72.8 Å². The topological polar surface area (TPSA) is 18.5 Å². The average molecular weight is 370 g/mol. The number of hydrogen-bond donors (Lipinski definition) is 0. The average Bonchev–Trinajstić information content (AvgIpc) is 2.62. The first-order valence-corrected chi connectivity index (χ1v) is 7.73. The zero-order valence-corrected chi connectivity index (χ0v) is 13.5. The second-order valence-electron chi connectivity index (χ2n) is 5.91. The predicted molar refractivity (Wildman–Crippen MR) is 84.5 cm³/mol. The highest BCUT2D eigenvalue weighted by atomic mass is 19.4. The molecule has 3 rings (SSSR count). The largest absolute Gasteiger partial charge is 0.459 e. The highest BCUT2D eigenvalue weighted by molar-refractivity contribution is 5.30. The molecule has 0 saturated carbocycles. The molecule has 0 bridgehead atoms. The highest BCUT2D eigenvalue weighted by Gasteiger charge is 2.74. The first-order valence-electron chi connectivity index (χ1n) is 7.73. The number of rotatable bonds is 3. The van der Waals surface area contributed by atoms with Crippen LogP contribution in [0.1, 0.15) is 17.2 Å². The molecule has 1 aliphatic heterocycles. The molecular formula is C19H15F5O2. The first kappa shape index (κ1) is 18.5. The minimum Gasteiger partial charge on any atom is -0.336 e. The smallest absolute Gasteiger partial charge is 0.336 e. The van der Waals surface area contributed by atoms with Crippen molar-refractivity contribution in [3.8, 4) is 0 Å². The fourth-order valence-corrected chi connectivity index (χ4v) is 2.83. The number of hydrogen-bond acceptors (Lipinski definition) is 2. The van der Waals surface area contributed by atoms with Crippen LogP contribution in [-0.4, -0.2) is 18.7 Å². The molecule has 0 unspecified atom stereocenters. The third kappa shape index (κ3) is 2.91. The molecule has 0 aliphatic carbocycles. The van der Waals surface area contributed by atoms with Crippen molar-refractivity contribution in [1.82, 2.24) is 0 Å². The third-order valence-corrected chi connectivity index (χ3v) is 4.14. The van der Waals surface area contributed by atoms with Crippen LogP contribution in [0.2, 0.25) is 0 Å². The van der Waals surface area contributed by atoms with Gasteiger partial charge in [0, 0.05) is 5.56 Å². The minimum absolute atomic E-state index is 0.251. The van der Waals surface area contributed by atoms with Crippen molar-refractivity contribution >= 4 is 0 Å². The lowest BCUT2D eigenvalue weighted by molar-refractivity contribution is -0.438. The molecule has 0 radical (unpaired) electrons. The van der Waals surface area contributed by atoms with Crippen molar-refractivity contribution < 1.29 is 31.4 Å². The van der Waals surface area contributed by atoms with Crippen LogP contribution in [0.3, 0.4) is 0 Å². The molecule has 1 saturated heterocycles. The van der Waals surface area contributed by atoms with Crippen molar-refractivity contribution in [3.63, 3.8) is 0 Å². The van der Waals surface area contributed by atoms with Gasteiger partial charge in [-0.2, -0.15) is 22.0 Å². The number of alkyl halides is 5. The van der Waals surface area contributed by atoms with Gasteiger partial charge in [0.2, 0.25) is 0 Å². The van der Waals surface area contributed by atoms with E-state index in [4.69, 9.17) is 9.47 Å². The molecule has 2 aromatic carbocycles. The summed E-state index contributed by atoms with van der Waals surface area (Å²) in [4.78, 5) is 0. The van der Waals surface area contributed by atoms with Gasteiger partial charge >= 0.3 is 12.1 Å². The first-order chi connectivity index (χ1) is 12.2. The summed E-state index contributed by atoms with van der Waals surface area (Å²) < 4.78 is 79.2. The molecule has 1 aliphatic rings. The molecule has 0 N–H and O–H groups in total. The standard InChI is InChI=1S/C19H15F5O2/c1-13-12-25-17(15-10-6-3-7-11-15,18(20,21)19(22,23)24)26-16(13)14-8-4-2-5-9-14/h2-11,16H,1,12H2/t16-,17-/m1/s1. The molecule has 7 heteroatoms. The van der Waals surface area contributed by atoms with E-state index in [0.717, 1.165) is 12.1 Å². The van der Waals surface area contributed by atoms with Gasteiger partial charge in [-0.05, 0) is 11.1 Å². The van der Waals surface area contributed by atoms with E-state index in [0.29, 0.717) is 5.56 Å². The Morgan fingerprint density at radius 3 is 1.96 bits per heavy atom. The van der Waals surface area contributed by atoms with Crippen molar-refractivity contribution in [2.75, 3.05) is 6.61 Å². The van der Waals surface area contributed by atoms with E-state index in [1.54, 1.807) is 30.3 Å². The summed E-state index contributed by atoms with van der Waals surface area (Å²) in [5, 5.41) is 0. The van der Waals surface area contributed by atoms with E-state index in [2.05, 4.69) is 6.58 Å². The minimum atomic E-state index is -5.87. The quantitative estimate of drug-likeness (QED) is 0.533. The highest BCUT2D eigenvalue weighted by Crippen LogP contribution is 2.55. The van der Waals surface area contributed by atoms with E-state index < -0.39 is 36.2 Å². The van der Waals surface area contributed by atoms with Gasteiger partial charge in [0.1, 0.15) is 6.10 Å². The summed E-state index contributed by atoms with van der Waals surface area (Å²) in [5.74, 6) is -8.59. The van der Waals surface area contributed by atoms with E-state index in [1.165, 1.54) is 18.2 Å². The fraction of sp³-hybridized carbons (Fsp3) is 0.263. The van der Waals surface area contributed by atoms with E-state index >= 15 is 0 Å². The zero-order chi connectivity index (χ0) is 19.0. The van der Waals surface area contributed by atoms with E-state index in [1.807, 2.05) is 0 Å². The van der Waals surface area contributed by atoms with Gasteiger partial charge < -0.3 is 9.47 Å². The third-order valence-electron chi connectivity index (χ3n) is 4.14. The summed E-state index contributed by atoms with van der Waals surface area (Å²) in [6, 6.07) is 14.5. The monoisotopic (exact) mass is 370 g/mol. The summed E-state index contributed by atoms with van der Waals surface area (Å²) >= 11 is 0. The van der Waals surface area contributed by atoms with Gasteiger partial charge in [-0.1, -0.05) is 67.2 Å². The molecule has 0 amide bonds. The molecule has 2 atom stereocenters. The second-order valence-corrected chi connectivity index (χ2v) is 5.91. The Morgan fingerprint density at radius 2 is 1.42 bits per heavy atom. The molecular weight excluding hydrogens is 355 g/mol. The van der Waals surface area contributed by atoms with Crippen LogP contribution in [0.25, 0.3) is 0 Å². The van der Waals surface area contributed by atoms with Crippen molar-refractivity contribution in [3.05, 3.63) is 83.9 Å².